The number of aromatic nitrogens is 2. The summed E-state index contributed by atoms with van der Waals surface area (Å²) in [6, 6.07) is 0.926. The van der Waals surface area contributed by atoms with E-state index in [1.54, 1.807) is 0 Å². The minimum Gasteiger partial charge on any atom is -0.377 e. The van der Waals surface area contributed by atoms with Crippen LogP contribution in [0, 0.1) is 11.6 Å². The van der Waals surface area contributed by atoms with E-state index < -0.39 is 29.1 Å². The Morgan fingerprint density at radius 3 is 2.91 bits per heavy atom. The van der Waals surface area contributed by atoms with E-state index in [0.29, 0.717) is 0 Å². The average molecular weight is 330 g/mol. The van der Waals surface area contributed by atoms with Crippen molar-refractivity contribution in [3.8, 4) is 0 Å². The van der Waals surface area contributed by atoms with Gasteiger partial charge >= 0.3 is 0 Å². The fourth-order valence-corrected chi connectivity index (χ4v) is 2.38. The Bertz CT molecular complexity index is 696. The number of hydrogen-bond donors (Lipinski definition) is 0. The fourth-order valence-electron chi connectivity index (χ4n) is 2.23. The van der Waals surface area contributed by atoms with Gasteiger partial charge in [0, 0.05) is 6.54 Å². The molecule has 0 aliphatic carbocycles. The summed E-state index contributed by atoms with van der Waals surface area (Å²) >= 11 is 5.49. The Balaban J connectivity index is 1.94. The van der Waals surface area contributed by atoms with Gasteiger partial charge in [0.1, 0.15) is 17.7 Å². The molecular weight excluding hydrogens is 320 g/mol. The third-order valence-electron chi connectivity index (χ3n) is 3.31. The standard InChI is InChI=1S/C13H10ClF2N3O3/c14-8-4-9(15)7(3-10(8)16)13(20)19-1-2-21-5-11(19)12-17-6-22-18-12/h3-4,6,11H,1-2,5H2. The van der Waals surface area contributed by atoms with Gasteiger partial charge in [-0.3, -0.25) is 4.79 Å². The van der Waals surface area contributed by atoms with Crippen molar-refractivity contribution in [2.45, 2.75) is 6.04 Å². The zero-order valence-corrected chi connectivity index (χ0v) is 11.9. The molecule has 2 heterocycles. The van der Waals surface area contributed by atoms with Crippen LogP contribution in [0.1, 0.15) is 22.2 Å². The van der Waals surface area contributed by atoms with Crippen LogP contribution in [0.25, 0.3) is 0 Å². The van der Waals surface area contributed by atoms with E-state index in [1.807, 2.05) is 0 Å². The number of nitrogens with zero attached hydrogens (tertiary/aromatic N) is 3. The molecule has 0 radical (unpaired) electrons. The lowest BCUT2D eigenvalue weighted by atomic mass is 10.1. The highest BCUT2D eigenvalue weighted by Crippen LogP contribution is 2.26. The number of morpholine rings is 1. The number of ether oxygens (including phenoxy) is 1. The average Bonchev–Trinajstić information content (AvgIpc) is 3.04. The van der Waals surface area contributed by atoms with Gasteiger partial charge < -0.3 is 14.2 Å². The molecule has 2 aromatic rings. The maximum atomic E-state index is 13.9. The van der Waals surface area contributed by atoms with Crippen LogP contribution in [-0.2, 0) is 4.74 Å². The summed E-state index contributed by atoms with van der Waals surface area (Å²) in [5, 5.41) is 3.29. The number of rotatable bonds is 2. The number of amides is 1. The molecule has 1 amide bonds. The molecule has 1 fully saturated rings. The summed E-state index contributed by atoms with van der Waals surface area (Å²) in [4.78, 5) is 17.7. The predicted molar refractivity (Wildman–Crippen MR) is 70.3 cm³/mol. The molecular formula is C13H10ClF2N3O3. The summed E-state index contributed by atoms with van der Waals surface area (Å²) in [6.45, 7) is 0.614. The molecule has 1 aromatic heterocycles. The minimum atomic E-state index is -0.894. The largest absolute Gasteiger partial charge is 0.377 e. The number of carbonyl (C=O) groups excluding carboxylic acids is 1. The molecule has 0 bridgehead atoms. The van der Waals surface area contributed by atoms with Crippen LogP contribution in [0.4, 0.5) is 8.78 Å². The van der Waals surface area contributed by atoms with E-state index in [1.165, 1.54) is 4.90 Å². The third kappa shape index (κ3) is 2.67. The summed E-state index contributed by atoms with van der Waals surface area (Å²) in [7, 11) is 0. The number of carbonyl (C=O) groups is 1. The Morgan fingerprint density at radius 1 is 1.36 bits per heavy atom. The van der Waals surface area contributed by atoms with Gasteiger partial charge in [0.2, 0.25) is 6.39 Å². The molecule has 9 heteroatoms. The van der Waals surface area contributed by atoms with Crippen molar-refractivity contribution in [3.05, 3.63) is 46.6 Å². The summed E-state index contributed by atoms with van der Waals surface area (Å²) < 4.78 is 37.4. The molecule has 0 N–H and O–H groups in total. The first-order valence-electron chi connectivity index (χ1n) is 6.37. The van der Waals surface area contributed by atoms with Crippen LogP contribution < -0.4 is 0 Å². The van der Waals surface area contributed by atoms with E-state index >= 15 is 0 Å². The highest BCUT2D eigenvalue weighted by molar-refractivity contribution is 6.30. The van der Waals surface area contributed by atoms with Gasteiger partial charge in [-0.1, -0.05) is 16.8 Å². The Labute approximate surface area is 128 Å². The summed E-state index contributed by atoms with van der Waals surface area (Å²) in [5.41, 5.74) is -0.405. The second-order valence-corrected chi connectivity index (χ2v) is 5.03. The Hall–Kier alpha value is -2.06. The van der Waals surface area contributed by atoms with Crippen LogP contribution in [0.15, 0.2) is 23.0 Å². The molecule has 3 rings (SSSR count). The van der Waals surface area contributed by atoms with Crippen molar-refractivity contribution in [1.82, 2.24) is 15.0 Å². The molecule has 1 aromatic carbocycles. The van der Waals surface area contributed by atoms with E-state index in [-0.39, 0.29) is 30.6 Å². The first-order chi connectivity index (χ1) is 10.6. The lowest BCUT2D eigenvalue weighted by Gasteiger charge is -2.33. The molecule has 6 nitrogen and oxygen atoms in total. The smallest absolute Gasteiger partial charge is 0.257 e. The second-order valence-electron chi connectivity index (χ2n) is 4.62. The molecule has 1 aliphatic rings. The van der Waals surface area contributed by atoms with Crippen molar-refractivity contribution in [3.63, 3.8) is 0 Å². The van der Waals surface area contributed by atoms with E-state index in [0.717, 1.165) is 18.5 Å². The van der Waals surface area contributed by atoms with Gasteiger partial charge in [-0.2, -0.15) is 4.98 Å². The van der Waals surface area contributed by atoms with E-state index in [9.17, 15) is 13.6 Å². The molecule has 1 aliphatic heterocycles. The second kappa shape index (κ2) is 5.98. The minimum absolute atomic E-state index is 0.142. The van der Waals surface area contributed by atoms with Crippen LogP contribution in [-0.4, -0.2) is 40.7 Å². The fraction of sp³-hybridized carbons (Fsp3) is 0.308. The predicted octanol–water partition coefficient (Wildman–Crippen LogP) is 2.21. The van der Waals surface area contributed by atoms with Gasteiger partial charge in [-0.25, -0.2) is 8.78 Å². The number of halogens is 3. The molecule has 1 saturated heterocycles. The Kier molecular flexibility index (Phi) is 4.04. The topological polar surface area (TPSA) is 68.5 Å². The van der Waals surface area contributed by atoms with Crippen LogP contribution in [0.2, 0.25) is 5.02 Å². The van der Waals surface area contributed by atoms with Crippen LogP contribution >= 0.6 is 11.6 Å². The number of benzene rings is 1. The normalized spacial score (nSPS) is 18.5. The van der Waals surface area contributed by atoms with Crippen LogP contribution in [0.3, 0.4) is 0 Å². The van der Waals surface area contributed by atoms with Gasteiger partial charge in [0.25, 0.3) is 5.91 Å². The quantitative estimate of drug-likeness (QED) is 0.790. The van der Waals surface area contributed by atoms with Gasteiger partial charge in [-0.05, 0) is 12.1 Å². The van der Waals surface area contributed by atoms with Crippen molar-refractivity contribution in [2.75, 3.05) is 19.8 Å². The van der Waals surface area contributed by atoms with Crippen molar-refractivity contribution < 1.29 is 22.8 Å². The van der Waals surface area contributed by atoms with Gasteiger partial charge in [0.05, 0.1) is 23.8 Å². The third-order valence-corrected chi connectivity index (χ3v) is 3.60. The zero-order chi connectivity index (χ0) is 15.7. The van der Waals surface area contributed by atoms with E-state index in [4.69, 9.17) is 16.3 Å². The molecule has 0 spiro atoms. The van der Waals surface area contributed by atoms with Crippen molar-refractivity contribution in [1.29, 1.82) is 0 Å². The maximum Gasteiger partial charge on any atom is 0.257 e. The monoisotopic (exact) mass is 329 g/mol. The lowest BCUT2D eigenvalue weighted by molar-refractivity contribution is -0.00602. The zero-order valence-electron chi connectivity index (χ0n) is 11.1. The maximum absolute atomic E-state index is 13.9. The first-order valence-corrected chi connectivity index (χ1v) is 6.75. The highest BCUT2D eigenvalue weighted by atomic mass is 35.5. The van der Waals surface area contributed by atoms with Gasteiger partial charge in [-0.15, -0.1) is 0 Å². The molecule has 1 unspecified atom stereocenters. The van der Waals surface area contributed by atoms with Crippen molar-refractivity contribution >= 4 is 17.5 Å². The summed E-state index contributed by atoms with van der Waals surface area (Å²) in [5.74, 6) is -2.21. The molecule has 116 valence electrons. The highest BCUT2D eigenvalue weighted by Gasteiger charge is 2.33. The molecule has 1 atom stereocenters. The number of hydrogen-bond acceptors (Lipinski definition) is 5. The molecule has 22 heavy (non-hydrogen) atoms. The van der Waals surface area contributed by atoms with Gasteiger partial charge in [0.15, 0.2) is 5.82 Å². The lowest BCUT2D eigenvalue weighted by Crippen LogP contribution is -2.44. The van der Waals surface area contributed by atoms with Crippen LogP contribution in [0.5, 0.6) is 0 Å². The van der Waals surface area contributed by atoms with Crippen molar-refractivity contribution in [2.24, 2.45) is 0 Å². The first kappa shape index (κ1) is 14.9. The SMILES string of the molecule is O=C(c1cc(F)c(Cl)cc1F)N1CCOCC1c1ncon1. The van der Waals surface area contributed by atoms with E-state index in [2.05, 4.69) is 14.7 Å². The Morgan fingerprint density at radius 2 is 2.18 bits per heavy atom. The molecule has 0 saturated carbocycles. The summed E-state index contributed by atoms with van der Waals surface area (Å²) in [6.07, 6.45) is 1.12.